The number of aliphatic hydroxyl groups excluding tert-OH is 1. The van der Waals surface area contributed by atoms with Crippen LogP contribution in [0.15, 0.2) is 12.1 Å². The minimum atomic E-state index is -0.414. The summed E-state index contributed by atoms with van der Waals surface area (Å²) in [6, 6.07) is 2.95. The topological polar surface area (TPSA) is 72.5 Å². The number of methoxy groups -OCH3 is 1. The highest BCUT2D eigenvalue weighted by Crippen LogP contribution is 2.21. The molecule has 1 atom stereocenters. The van der Waals surface area contributed by atoms with Crippen molar-refractivity contribution in [3.63, 3.8) is 0 Å². The number of thiophene rings is 1. The van der Waals surface area contributed by atoms with Crippen molar-refractivity contribution in [1.82, 2.24) is 0 Å². The third kappa shape index (κ3) is 2.27. The van der Waals surface area contributed by atoms with Crippen LogP contribution >= 0.6 is 11.3 Å². The molecule has 0 aliphatic rings. The Morgan fingerprint density at radius 1 is 1.77 bits per heavy atom. The first-order chi connectivity index (χ1) is 6.19. The van der Waals surface area contributed by atoms with E-state index in [4.69, 9.17) is 10.8 Å². The fourth-order valence-electron chi connectivity index (χ4n) is 0.852. The molecular formula is C8H11NO3S. The van der Waals surface area contributed by atoms with Crippen molar-refractivity contribution in [3.05, 3.63) is 21.9 Å². The normalized spacial score (nSPS) is 12.5. The van der Waals surface area contributed by atoms with Crippen LogP contribution in [0, 0.1) is 0 Å². The number of rotatable bonds is 3. The molecule has 0 aromatic carbocycles. The van der Waals surface area contributed by atoms with E-state index in [1.807, 2.05) is 0 Å². The van der Waals surface area contributed by atoms with Crippen LogP contribution in [0.1, 0.15) is 20.6 Å². The Labute approximate surface area is 79.9 Å². The first kappa shape index (κ1) is 10.2. The fourth-order valence-corrected chi connectivity index (χ4v) is 1.77. The van der Waals surface area contributed by atoms with Gasteiger partial charge in [0.1, 0.15) is 4.88 Å². The first-order valence-corrected chi connectivity index (χ1v) is 4.55. The highest BCUT2D eigenvalue weighted by molar-refractivity contribution is 7.14. The molecule has 1 heterocycles. The Morgan fingerprint density at radius 3 is 3.00 bits per heavy atom. The van der Waals surface area contributed by atoms with E-state index in [1.165, 1.54) is 18.4 Å². The van der Waals surface area contributed by atoms with Crippen LogP contribution in [0.5, 0.6) is 0 Å². The van der Waals surface area contributed by atoms with Crippen molar-refractivity contribution in [2.75, 3.05) is 13.7 Å². The van der Waals surface area contributed by atoms with Crippen molar-refractivity contribution >= 4 is 17.3 Å². The Morgan fingerprint density at radius 2 is 2.46 bits per heavy atom. The van der Waals surface area contributed by atoms with Gasteiger partial charge < -0.3 is 15.6 Å². The summed E-state index contributed by atoms with van der Waals surface area (Å²) in [5, 5.41) is 8.76. The second-order valence-electron chi connectivity index (χ2n) is 2.48. The lowest BCUT2D eigenvalue weighted by molar-refractivity contribution is 0.0606. The van der Waals surface area contributed by atoms with Crippen LogP contribution in [0.25, 0.3) is 0 Å². The van der Waals surface area contributed by atoms with Gasteiger partial charge in [0.05, 0.1) is 19.8 Å². The van der Waals surface area contributed by atoms with E-state index in [9.17, 15) is 4.79 Å². The minimum Gasteiger partial charge on any atom is -0.465 e. The molecule has 0 saturated carbocycles. The Hall–Kier alpha value is -0.910. The molecule has 0 aliphatic heterocycles. The molecule has 0 fully saturated rings. The highest BCUT2D eigenvalue weighted by atomic mass is 32.1. The number of ether oxygens (including phenoxy) is 1. The van der Waals surface area contributed by atoms with Crippen LogP contribution in [0.2, 0.25) is 0 Å². The number of carbonyl (C=O) groups excluding carboxylic acids is 1. The van der Waals surface area contributed by atoms with Crippen molar-refractivity contribution in [2.45, 2.75) is 6.04 Å². The van der Waals surface area contributed by atoms with Gasteiger partial charge in [-0.05, 0) is 12.1 Å². The second-order valence-corrected chi connectivity index (χ2v) is 3.60. The first-order valence-electron chi connectivity index (χ1n) is 3.73. The van der Waals surface area contributed by atoms with Gasteiger partial charge in [0.15, 0.2) is 0 Å². The number of carbonyl (C=O) groups is 1. The molecule has 3 N–H and O–H groups in total. The largest absolute Gasteiger partial charge is 0.465 e. The predicted octanol–water partition coefficient (Wildman–Crippen LogP) is 0.527. The number of esters is 1. The summed E-state index contributed by atoms with van der Waals surface area (Å²) in [7, 11) is 1.33. The number of nitrogens with two attached hydrogens (primary N) is 1. The zero-order chi connectivity index (χ0) is 9.84. The van der Waals surface area contributed by atoms with Crippen molar-refractivity contribution < 1.29 is 14.6 Å². The van der Waals surface area contributed by atoms with Crippen molar-refractivity contribution in [2.24, 2.45) is 5.73 Å². The van der Waals surface area contributed by atoms with Crippen LogP contribution < -0.4 is 5.73 Å². The average Bonchev–Trinajstić information content (AvgIpc) is 2.64. The SMILES string of the molecule is COC(=O)c1ccc([C@H](N)CO)s1. The summed E-state index contributed by atoms with van der Waals surface area (Å²) in [6.45, 7) is -0.124. The van der Waals surface area contributed by atoms with Gasteiger partial charge in [0, 0.05) is 4.88 Å². The maximum absolute atomic E-state index is 11.0. The lowest BCUT2D eigenvalue weighted by atomic mass is 10.3. The van der Waals surface area contributed by atoms with Gasteiger partial charge in [0.2, 0.25) is 0 Å². The average molecular weight is 201 g/mol. The third-order valence-corrected chi connectivity index (χ3v) is 2.77. The molecule has 0 radical (unpaired) electrons. The monoisotopic (exact) mass is 201 g/mol. The van der Waals surface area contributed by atoms with Crippen molar-refractivity contribution in [3.8, 4) is 0 Å². The van der Waals surface area contributed by atoms with Crippen LogP contribution in [0.3, 0.4) is 0 Å². The molecule has 1 aromatic rings. The van der Waals surface area contributed by atoms with E-state index >= 15 is 0 Å². The lowest BCUT2D eigenvalue weighted by Crippen LogP contribution is -2.12. The molecule has 0 amide bonds. The van der Waals surface area contributed by atoms with Gasteiger partial charge in [0.25, 0.3) is 0 Å². The maximum atomic E-state index is 11.0. The van der Waals surface area contributed by atoms with Crippen molar-refractivity contribution in [1.29, 1.82) is 0 Å². The zero-order valence-electron chi connectivity index (χ0n) is 7.19. The standard InChI is InChI=1S/C8H11NO3S/c1-12-8(11)7-3-2-6(13-7)5(9)4-10/h2-3,5,10H,4,9H2,1H3/t5-/m1/s1. The van der Waals surface area contributed by atoms with Gasteiger partial charge >= 0.3 is 5.97 Å². The van der Waals surface area contributed by atoms with Gasteiger partial charge in [-0.15, -0.1) is 11.3 Å². The number of aliphatic hydroxyl groups is 1. The Balaban J connectivity index is 2.80. The van der Waals surface area contributed by atoms with Gasteiger partial charge in [-0.1, -0.05) is 0 Å². The molecule has 1 aromatic heterocycles. The molecule has 13 heavy (non-hydrogen) atoms. The van der Waals surface area contributed by atoms with Gasteiger partial charge in [-0.2, -0.15) is 0 Å². The molecular weight excluding hydrogens is 190 g/mol. The van der Waals surface area contributed by atoms with Crippen LogP contribution in [-0.4, -0.2) is 24.8 Å². The van der Waals surface area contributed by atoms with E-state index < -0.39 is 6.04 Å². The molecule has 0 aliphatic carbocycles. The van der Waals surface area contributed by atoms with E-state index in [2.05, 4.69) is 4.74 Å². The molecule has 5 heteroatoms. The molecule has 0 bridgehead atoms. The lowest BCUT2D eigenvalue weighted by Gasteiger charge is -2.02. The molecule has 0 unspecified atom stereocenters. The summed E-state index contributed by atoms with van der Waals surface area (Å²) in [5.74, 6) is -0.374. The highest BCUT2D eigenvalue weighted by Gasteiger charge is 2.12. The maximum Gasteiger partial charge on any atom is 0.348 e. The molecule has 1 rings (SSSR count). The third-order valence-electron chi connectivity index (χ3n) is 1.58. The molecule has 4 nitrogen and oxygen atoms in total. The summed E-state index contributed by atoms with van der Waals surface area (Å²) in [5.41, 5.74) is 5.56. The Kier molecular flexibility index (Phi) is 3.41. The molecule has 72 valence electrons. The van der Waals surface area contributed by atoms with Gasteiger partial charge in [-0.3, -0.25) is 0 Å². The number of hydrogen-bond donors (Lipinski definition) is 2. The summed E-state index contributed by atoms with van der Waals surface area (Å²) < 4.78 is 4.53. The van der Waals surface area contributed by atoms with E-state index in [0.29, 0.717) is 4.88 Å². The predicted molar refractivity (Wildman–Crippen MR) is 49.7 cm³/mol. The summed E-state index contributed by atoms with van der Waals surface area (Å²) >= 11 is 1.24. The number of hydrogen-bond acceptors (Lipinski definition) is 5. The van der Waals surface area contributed by atoms with Crippen LogP contribution in [0.4, 0.5) is 0 Å². The molecule has 0 saturated heterocycles. The van der Waals surface area contributed by atoms with E-state index in [0.717, 1.165) is 4.88 Å². The summed E-state index contributed by atoms with van der Waals surface area (Å²) in [4.78, 5) is 12.3. The second kappa shape index (κ2) is 4.36. The Bertz CT molecular complexity index is 297. The van der Waals surface area contributed by atoms with E-state index in [1.54, 1.807) is 12.1 Å². The summed E-state index contributed by atoms with van der Waals surface area (Å²) in [6.07, 6.45) is 0. The smallest absolute Gasteiger partial charge is 0.348 e. The fraction of sp³-hybridized carbons (Fsp3) is 0.375. The molecule has 0 spiro atoms. The zero-order valence-corrected chi connectivity index (χ0v) is 8.00. The van der Waals surface area contributed by atoms with Crippen LogP contribution in [-0.2, 0) is 4.74 Å². The van der Waals surface area contributed by atoms with Gasteiger partial charge in [-0.25, -0.2) is 4.79 Å². The van der Waals surface area contributed by atoms with E-state index in [-0.39, 0.29) is 12.6 Å². The minimum absolute atomic E-state index is 0.124. The quantitative estimate of drug-likeness (QED) is 0.699.